The van der Waals surface area contributed by atoms with Gasteiger partial charge in [0.05, 0.1) is 5.52 Å². The molecule has 0 bridgehead atoms. The topological polar surface area (TPSA) is 81.7 Å². The van der Waals surface area contributed by atoms with E-state index in [-0.39, 0.29) is 25.1 Å². The molecule has 22 heavy (non-hydrogen) atoms. The number of halogens is 3. The molecule has 2 aromatic rings. The maximum atomic E-state index is 13.4. The highest BCUT2D eigenvalue weighted by Gasteiger charge is 2.23. The number of pyridine rings is 1. The van der Waals surface area contributed by atoms with Crippen LogP contribution >= 0.6 is 0 Å². The van der Waals surface area contributed by atoms with Crippen molar-refractivity contribution in [1.29, 1.82) is 0 Å². The molecule has 0 radical (unpaired) electrons. The van der Waals surface area contributed by atoms with Gasteiger partial charge in [0.25, 0.3) is 5.92 Å². The quantitative estimate of drug-likeness (QED) is 0.282. The molecule has 0 atom stereocenters. The Hall–Kier alpha value is -2.51. The minimum atomic E-state index is -2.93. The average molecular weight is 311 g/mol. The Bertz CT molecular complexity index is 721. The Labute approximate surface area is 125 Å². The van der Waals surface area contributed by atoms with Gasteiger partial charge in [0, 0.05) is 19.0 Å². The van der Waals surface area contributed by atoms with Gasteiger partial charge in [0.1, 0.15) is 17.3 Å². The van der Waals surface area contributed by atoms with Gasteiger partial charge in [-0.3, -0.25) is 0 Å². The molecule has 0 aromatic carbocycles. The van der Waals surface area contributed by atoms with Crippen molar-refractivity contribution in [2.24, 2.45) is 16.7 Å². The number of aryl methyl sites for hydroxylation is 1. The summed E-state index contributed by atoms with van der Waals surface area (Å²) in [5.41, 5.74) is 6.46. The fourth-order valence-corrected chi connectivity index (χ4v) is 2.13. The molecule has 5 nitrogen and oxygen atoms in total. The van der Waals surface area contributed by atoms with Crippen molar-refractivity contribution in [2.45, 2.75) is 25.2 Å². The van der Waals surface area contributed by atoms with Crippen LogP contribution in [0.4, 0.5) is 13.2 Å². The smallest absolute Gasteiger partial charge is 0.266 e. The van der Waals surface area contributed by atoms with Gasteiger partial charge in [-0.05, 0) is 24.6 Å². The van der Waals surface area contributed by atoms with Crippen LogP contribution in [0.5, 0.6) is 0 Å². The highest BCUT2D eigenvalue weighted by Crippen LogP contribution is 2.23. The van der Waals surface area contributed by atoms with Crippen molar-refractivity contribution in [1.82, 2.24) is 9.38 Å². The summed E-state index contributed by atoms with van der Waals surface area (Å²) in [6.07, 6.45) is 1.85. The summed E-state index contributed by atoms with van der Waals surface area (Å²) in [6, 6.07) is 2.73. The van der Waals surface area contributed by atoms with E-state index in [1.807, 2.05) is 0 Å². The largest absolute Gasteiger partial charge is 0.380 e. The first-order valence-electron chi connectivity index (χ1n) is 6.59. The molecule has 0 saturated carbocycles. The molecule has 0 saturated heterocycles. The van der Waals surface area contributed by atoms with Crippen LogP contribution in [0.3, 0.4) is 0 Å². The summed E-state index contributed by atoms with van der Waals surface area (Å²) >= 11 is 0. The van der Waals surface area contributed by atoms with Crippen LogP contribution in [0, 0.1) is 5.82 Å². The fourth-order valence-electron chi connectivity index (χ4n) is 2.13. The molecule has 0 aliphatic carbocycles. The van der Waals surface area contributed by atoms with E-state index in [9.17, 15) is 13.2 Å². The second-order valence-electron chi connectivity index (χ2n) is 4.81. The van der Waals surface area contributed by atoms with Crippen molar-refractivity contribution in [2.75, 3.05) is 0 Å². The predicted octanol–water partition coefficient (Wildman–Crippen LogP) is 2.20. The van der Waals surface area contributed by atoms with E-state index < -0.39 is 11.7 Å². The number of nitrogens with two attached hydrogens (primary N) is 2. The van der Waals surface area contributed by atoms with Crippen LogP contribution in [0.25, 0.3) is 5.52 Å². The van der Waals surface area contributed by atoms with E-state index in [0.29, 0.717) is 23.1 Å². The van der Waals surface area contributed by atoms with Crippen LogP contribution in [0.1, 0.15) is 24.4 Å². The third-order valence-corrected chi connectivity index (χ3v) is 3.26. The maximum absolute atomic E-state index is 13.4. The lowest BCUT2D eigenvalue weighted by molar-refractivity contribution is 0.0438. The standard InChI is InChI=1S/C14H16F3N5/c1-2-14(16,17)7-3-4-11-20-12(13(18)21-19)10-6-5-9(15)8-22(10)11/h2,5-6,8H,1,3-4,7,19H2,(H2,18,21). The van der Waals surface area contributed by atoms with Gasteiger partial charge in [0.15, 0.2) is 5.84 Å². The Morgan fingerprint density at radius 1 is 1.45 bits per heavy atom. The first-order chi connectivity index (χ1) is 10.4. The first kappa shape index (κ1) is 15.9. The van der Waals surface area contributed by atoms with Crippen LogP contribution in [0.2, 0.25) is 0 Å². The summed E-state index contributed by atoms with van der Waals surface area (Å²) in [5.74, 6) is 2.14. The maximum Gasteiger partial charge on any atom is 0.266 e. The normalized spacial score (nSPS) is 12.8. The Morgan fingerprint density at radius 2 is 2.18 bits per heavy atom. The van der Waals surface area contributed by atoms with Crippen molar-refractivity contribution < 1.29 is 13.2 Å². The lowest BCUT2D eigenvalue weighted by Crippen LogP contribution is -2.16. The van der Waals surface area contributed by atoms with Gasteiger partial charge in [-0.2, -0.15) is 5.10 Å². The second-order valence-corrected chi connectivity index (χ2v) is 4.81. The number of imidazole rings is 1. The number of fused-ring (bicyclic) bond motifs is 1. The molecule has 2 rings (SSSR count). The minimum absolute atomic E-state index is 0.00761. The zero-order chi connectivity index (χ0) is 16.3. The molecule has 0 amide bonds. The summed E-state index contributed by atoms with van der Waals surface area (Å²) in [5, 5.41) is 3.37. The Kier molecular flexibility index (Phi) is 4.39. The molecular weight excluding hydrogens is 295 g/mol. The van der Waals surface area contributed by atoms with Gasteiger partial charge in [-0.25, -0.2) is 18.2 Å². The molecule has 0 aliphatic rings. The highest BCUT2D eigenvalue weighted by molar-refractivity contribution is 6.01. The molecule has 4 N–H and O–H groups in total. The third kappa shape index (κ3) is 3.21. The molecule has 8 heteroatoms. The number of rotatable bonds is 6. The lowest BCUT2D eigenvalue weighted by atomic mass is 10.1. The van der Waals surface area contributed by atoms with Gasteiger partial charge >= 0.3 is 0 Å². The monoisotopic (exact) mass is 311 g/mol. The average Bonchev–Trinajstić information content (AvgIpc) is 2.84. The van der Waals surface area contributed by atoms with E-state index in [0.717, 1.165) is 0 Å². The molecule has 118 valence electrons. The number of allylic oxidation sites excluding steroid dienone is 1. The zero-order valence-corrected chi connectivity index (χ0v) is 11.8. The van der Waals surface area contributed by atoms with E-state index in [1.54, 1.807) is 0 Å². The van der Waals surface area contributed by atoms with Crippen molar-refractivity contribution >= 4 is 11.4 Å². The van der Waals surface area contributed by atoms with Crippen molar-refractivity contribution in [3.8, 4) is 0 Å². The number of hydrazone groups is 1. The van der Waals surface area contributed by atoms with Crippen LogP contribution < -0.4 is 11.6 Å². The molecule has 2 aromatic heterocycles. The first-order valence-corrected chi connectivity index (χ1v) is 6.59. The molecule has 0 aliphatic heterocycles. The van der Waals surface area contributed by atoms with Crippen LogP contribution in [-0.2, 0) is 6.42 Å². The fraction of sp³-hybridized carbons (Fsp3) is 0.286. The van der Waals surface area contributed by atoms with Gasteiger partial charge in [-0.15, -0.1) is 0 Å². The second kappa shape index (κ2) is 6.08. The number of alkyl halides is 2. The van der Waals surface area contributed by atoms with Gasteiger partial charge in [0.2, 0.25) is 0 Å². The SMILES string of the molecule is C=CC(F)(F)CCCc1nc(C(N)=NN)c2ccc(F)cn12. The van der Waals surface area contributed by atoms with E-state index >= 15 is 0 Å². The number of amidine groups is 1. The van der Waals surface area contributed by atoms with E-state index in [1.165, 1.54) is 22.7 Å². The highest BCUT2D eigenvalue weighted by atomic mass is 19.3. The van der Waals surface area contributed by atoms with E-state index in [4.69, 9.17) is 11.6 Å². The summed E-state index contributed by atoms with van der Waals surface area (Å²) in [4.78, 5) is 4.24. The molecule has 2 heterocycles. The lowest BCUT2D eigenvalue weighted by Gasteiger charge is -2.10. The number of nitrogens with zero attached hydrogens (tertiary/aromatic N) is 3. The number of aromatic nitrogens is 2. The van der Waals surface area contributed by atoms with Crippen molar-refractivity contribution in [3.05, 3.63) is 48.3 Å². The van der Waals surface area contributed by atoms with Gasteiger partial charge < -0.3 is 16.0 Å². The van der Waals surface area contributed by atoms with Crippen LogP contribution in [-0.4, -0.2) is 21.1 Å². The number of hydrogen-bond acceptors (Lipinski definition) is 3. The van der Waals surface area contributed by atoms with E-state index in [2.05, 4.69) is 16.7 Å². The molecular formula is C14H16F3N5. The third-order valence-electron chi connectivity index (χ3n) is 3.26. The van der Waals surface area contributed by atoms with Crippen LogP contribution in [0.15, 0.2) is 36.1 Å². The minimum Gasteiger partial charge on any atom is -0.380 e. The summed E-state index contributed by atoms with van der Waals surface area (Å²) in [6.45, 7) is 3.09. The molecule has 0 unspecified atom stereocenters. The zero-order valence-electron chi connectivity index (χ0n) is 11.8. The van der Waals surface area contributed by atoms with Gasteiger partial charge in [-0.1, -0.05) is 6.58 Å². The summed E-state index contributed by atoms with van der Waals surface area (Å²) < 4.78 is 41.2. The molecule has 0 spiro atoms. The van der Waals surface area contributed by atoms with Crippen molar-refractivity contribution in [3.63, 3.8) is 0 Å². The number of hydrogen-bond donors (Lipinski definition) is 2. The summed E-state index contributed by atoms with van der Waals surface area (Å²) in [7, 11) is 0. The Morgan fingerprint density at radius 3 is 2.82 bits per heavy atom. The predicted molar refractivity (Wildman–Crippen MR) is 78.1 cm³/mol. The Balaban J connectivity index is 2.33. The molecule has 0 fully saturated rings.